The normalized spacial score (nSPS) is 18.5. The van der Waals surface area contributed by atoms with Gasteiger partial charge in [-0.1, -0.05) is 38.1 Å². The summed E-state index contributed by atoms with van der Waals surface area (Å²) in [7, 11) is 0. The highest BCUT2D eigenvalue weighted by atomic mass is 15.4. The molecule has 0 unspecified atom stereocenters. The van der Waals surface area contributed by atoms with E-state index in [4.69, 9.17) is 0 Å². The Morgan fingerprint density at radius 2 is 1.94 bits per heavy atom. The number of hydrogen-bond donors (Lipinski definition) is 0. The molecule has 0 N–H and O–H groups in total. The van der Waals surface area contributed by atoms with Gasteiger partial charge in [-0.15, -0.1) is 5.10 Å². The molecule has 0 spiro atoms. The van der Waals surface area contributed by atoms with Gasteiger partial charge in [-0.3, -0.25) is 0 Å². The molecular weight excluding hydrogens is 222 g/mol. The first kappa shape index (κ1) is 13.1. The van der Waals surface area contributed by atoms with Gasteiger partial charge in [-0.2, -0.15) is 0 Å². The molecule has 0 amide bonds. The van der Waals surface area contributed by atoms with Crippen LogP contribution in [-0.4, -0.2) is 15.0 Å². The van der Waals surface area contributed by atoms with E-state index in [0.717, 1.165) is 30.7 Å². The van der Waals surface area contributed by atoms with Crippen LogP contribution in [0.2, 0.25) is 0 Å². The van der Waals surface area contributed by atoms with Crippen LogP contribution in [0.25, 0.3) is 5.57 Å². The topological polar surface area (TPSA) is 30.7 Å². The first-order chi connectivity index (χ1) is 8.32. The lowest BCUT2D eigenvalue weighted by Crippen LogP contribution is -2.18. The molecule has 2 rings (SSSR count). The molecule has 3 nitrogen and oxygen atoms in total. The van der Waals surface area contributed by atoms with E-state index in [0.29, 0.717) is 0 Å². The van der Waals surface area contributed by atoms with Gasteiger partial charge in [0.2, 0.25) is 0 Å². The number of hydrogen-bond acceptors (Lipinski definition) is 2. The second-order valence-corrected chi connectivity index (χ2v) is 6.25. The Bertz CT molecular complexity index is 512. The molecule has 3 heteroatoms. The molecular formula is C15H23N3. The van der Waals surface area contributed by atoms with Crippen molar-refractivity contribution in [3.05, 3.63) is 29.1 Å². The van der Waals surface area contributed by atoms with Gasteiger partial charge in [0.1, 0.15) is 0 Å². The van der Waals surface area contributed by atoms with Crippen LogP contribution in [0.4, 0.5) is 0 Å². The van der Waals surface area contributed by atoms with Gasteiger partial charge in [0.25, 0.3) is 0 Å². The zero-order chi connectivity index (χ0) is 13.5. The van der Waals surface area contributed by atoms with Crippen molar-refractivity contribution in [3.8, 4) is 0 Å². The van der Waals surface area contributed by atoms with Gasteiger partial charge in [-0.25, -0.2) is 4.68 Å². The van der Waals surface area contributed by atoms with Gasteiger partial charge in [0.15, 0.2) is 0 Å². The predicted molar refractivity (Wildman–Crippen MR) is 75.4 cm³/mol. The maximum Gasteiger partial charge on any atom is 0.0956 e. The SMILES string of the molecule is C=C(C)/C(C)=C1\CCCn2nnc(C(C)(C)C)c21. The number of rotatable bonds is 1. The first-order valence-electron chi connectivity index (χ1n) is 6.62. The number of fused-ring (bicyclic) bond motifs is 1. The molecule has 0 saturated carbocycles. The smallest absolute Gasteiger partial charge is 0.0956 e. The summed E-state index contributed by atoms with van der Waals surface area (Å²) in [6.45, 7) is 15.9. The predicted octanol–water partition coefficient (Wildman–Crippen LogP) is 3.72. The quantitative estimate of drug-likeness (QED) is 0.755. The van der Waals surface area contributed by atoms with Crippen LogP contribution in [0.15, 0.2) is 17.7 Å². The minimum absolute atomic E-state index is 0.0333. The standard InChI is InChI=1S/C15H23N3/c1-10(2)11(3)12-8-7-9-18-13(12)14(16-17-18)15(4,5)6/h1,7-9H2,2-6H3/b12-11+. The zero-order valence-corrected chi connectivity index (χ0v) is 12.2. The van der Waals surface area contributed by atoms with Gasteiger partial charge in [0, 0.05) is 12.0 Å². The van der Waals surface area contributed by atoms with E-state index in [1.807, 2.05) is 0 Å². The first-order valence-corrected chi connectivity index (χ1v) is 6.62. The van der Waals surface area contributed by atoms with Crippen LogP contribution in [0.5, 0.6) is 0 Å². The monoisotopic (exact) mass is 245 g/mol. The summed E-state index contributed by atoms with van der Waals surface area (Å²) in [5, 5.41) is 8.73. The lowest BCUT2D eigenvalue weighted by atomic mass is 9.85. The molecule has 0 aromatic carbocycles. The maximum atomic E-state index is 4.41. The summed E-state index contributed by atoms with van der Waals surface area (Å²) >= 11 is 0. The fourth-order valence-corrected chi connectivity index (χ4v) is 2.42. The second-order valence-electron chi connectivity index (χ2n) is 6.25. The molecule has 0 saturated heterocycles. The van der Waals surface area contributed by atoms with E-state index in [-0.39, 0.29) is 5.41 Å². The molecule has 0 aliphatic carbocycles. The molecule has 1 aromatic rings. The maximum absolute atomic E-state index is 4.41. The number of allylic oxidation sites excluding steroid dienone is 3. The molecule has 0 fully saturated rings. The van der Waals surface area contributed by atoms with E-state index >= 15 is 0 Å². The van der Waals surface area contributed by atoms with Crippen LogP contribution in [0, 0.1) is 0 Å². The van der Waals surface area contributed by atoms with Crippen molar-refractivity contribution in [2.24, 2.45) is 0 Å². The zero-order valence-electron chi connectivity index (χ0n) is 12.2. The fraction of sp³-hybridized carbons (Fsp3) is 0.600. The summed E-state index contributed by atoms with van der Waals surface area (Å²) in [5.41, 5.74) is 6.19. The molecule has 0 bridgehead atoms. The Hall–Kier alpha value is -1.38. The Kier molecular flexibility index (Phi) is 3.18. The van der Waals surface area contributed by atoms with Crippen molar-refractivity contribution < 1.29 is 0 Å². The molecule has 2 heterocycles. The van der Waals surface area contributed by atoms with E-state index in [2.05, 4.69) is 56.2 Å². The minimum atomic E-state index is 0.0333. The van der Waals surface area contributed by atoms with Crippen molar-refractivity contribution >= 4 is 5.57 Å². The Morgan fingerprint density at radius 3 is 2.50 bits per heavy atom. The van der Waals surface area contributed by atoms with Crippen LogP contribution < -0.4 is 0 Å². The highest BCUT2D eigenvalue weighted by Gasteiger charge is 2.29. The van der Waals surface area contributed by atoms with Crippen LogP contribution in [0.1, 0.15) is 58.8 Å². The van der Waals surface area contributed by atoms with Crippen LogP contribution >= 0.6 is 0 Å². The molecule has 0 atom stereocenters. The molecule has 1 aliphatic heterocycles. The average molecular weight is 245 g/mol. The van der Waals surface area contributed by atoms with E-state index in [1.165, 1.54) is 16.8 Å². The number of aromatic nitrogens is 3. The molecule has 1 aromatic heterocycles. The summed E-state index contributed by atoms with van der Waals surface area (Å²) in [5.74, 6) is 0. The fourth-order valence-electron chi connectivity index (χ4n) is 2.42. The lowest BCUT2D eigenvalue weighted by molar-refractivity contribution is 0.536. The van der Waals surface area contributed by atoms with Gasteiger partial charge < -0.3 is 0 Å². The third kappa shape index (κ3) is 2.14. The van der Waals surface area contributed by atoms with Crippen molar-refractivity contribution in [2.45, 2.75) is 59.4 Å². The summed E-state index contributed by atoms with van der Waals surface area (Å²) in [4.78, 5) is 0. The molecule has 98 valence electrons. The van der Waals surface area contributed by atoms with Crippen molar-refractivity contribution in [2.75, 3.05) is 0 Å². The van der Waals surface area contributed by atoms with Crippen molar-refractivity contribution in [1.82, 2.24) is 15.0 Å². The molecule has 1 aliphatic rings. The minimum Gasteiger partial charge on any atom is -0.245 e. The number of nitrogens with zero attached hydrogens (tertiary/aromatic N) is 3. The van der Waals surface area contributed by atoms with Gasteiger partial charge >= 0.3 is 0 Å². The van der Waals surface area contributed by atoms with Crippen molar-refractivity contribution in [3.63, 3.8) is 0 Å². The molecule has 18 heavy (non-hydrogen) atoms. The van der Waals surface area contributed by atoms with E-state index in [1.54, 1.807) is 0 Å². The Balaban J connectivity index is 2.65. The summed E-state index contributed by atoms with van der Waals surface area (Å²) < 4.78 is 2.06. The van der Waals surface area contributed by atoms with E-state index in [9.17, 15) is 0 Å². The number of aryl methyl sites for hydroxylation is 1. The van der Waals surface area contributed by atoms with Crippen molar-refractivity contribution in [1.29, 1.82) is 0 Å². The Labute approximate surface area is 110 Å². The lowest BCUT2D eigenvalue weighted by Gasteiger charge is -2.24. The summed E-state index contributed by atoms with van der Waals surface area (Å²) in [6.07, 6.45) is 2.25. The second kappa shape index (κ2) is 4.38. The van der Waals surface area contributed by atoms with Crippen LogP contribution in [-0.2, 0) is 12.0 Å². The third-order valence-corrected chi connectivity index (χ3v) is 3.62. The highest BCUT2D eigenvalue weighted by molar-refractivity contribution is 5.72. The van der Waals surface area contributed by atoms with Crippen LogP contribution in [0.3, 0.4) is 0 Å². The Morgan fingerprint density at radius 1 is 1.28 bits per heavy atom. The average Bonchev–Trinajstić information content (AvgIpc) is 2.70. The van der Waals surface area contributed by atoms with Gasteiger partial charge in [-0.05, 0) is 37.8 Å². The highest BCUT2D eigenvalue weighted by Crippen LogP contribution is 2.36. The van der Waals surface area contributed by atoms with Gasteiger partial charge in [0.05, 0.1) is 11.4 Å². The summed E-state index contributed by atoms with van der Waals surface area (Å²) in [6, 6.07) is 0. The largest absolute Gasteiger partial charge is 0.245 e. The van der Waals surface area contributed by atoms with E-state index < -0.39 is 0 Å². The molecule has 0 radical (unpaired) electrons. The third-order valence-electron chi connectivity index (χ3n) is 3.62.